The Morgan fingerprint density at radius 2 is 1.77 bits per heavy atom. The largest absolute Gasteiger partial charge is 0.497 e. The van der Waals surface area contributed by atoms with E-state index in [0.29, 0.717) is 11.4 Å². The molecular weight excluding hydrogens is 534 g/mol. The Morgan fingerprint density at radius 1 is 1.10 bits per heavy atom. The topological polar surface area (TPSA) is 75.7 Å². The van der Waals surface area contributed by atoms with Crippen LogP contribution in [0.25, 0.3) is 0 Å². The van der Waals surface area contributed by atoms with E-state index in [1.165, 1.54) is 49.6 Å². The zero-order chi connectivity index (χ0) is 22.6. The van der Waals surface area contributed by atoms with Gasteiger partial charge in [-0.25, -0.2) is 12.8 Å². The summed E-state index contributed by atoms with van der Waals surface area (Å²) in [5.74, 6) is -0.870. The van der Waals surface area contributed by atoms with Crippen LogP contribution in [0.5, 0.6) is 5.75 Å². The number of ether oxygens (including phenoxy) is 1. The standard InChI is InChI=1S/C22H20FIN2O4S/c1-15-13-16(24)7-12-20(15)25-22(27)14-26(21-6-4-3-5-19(21)23)31(28,29)18-10-8-17(30-2)9-11-18/h3-13H,14H2,1-2H3,(H,25,27). The first-order valence-corrected chi connectivity index (χ1v) is 11.7. The molecular formula is C22H20FIN2O4S. The van der Waals surface area contributed by atoms with Gasteiger partial charge in [0, 0.05) is 9.26 Å². The number of carbonyl (C=O) groups excluding carboxylic acids is 1. The number of hydrogen-bond acceptors (Lipinski definition) is 4. The minimum absolute atomic E-state index is 0.0881. The van der Waals surface area contributed by atoms with Gasteiger partial charge >= 0.3 is 0 Å². The van der Waals surface area contributed by atoms with Gasteiger partial charge in [-0.1, -0.05) is 12.1 Å². The fourth-order valence-electron chi connectivity index (χ4n) is 2.92. The maximum atomic E-state index is 14.5. The summed E-state index contributed by atoms with van der Waals surface area (Å²) in [5, 5.41) is 2.71. The van der Waals surface area contributed by atoms with Gasteiger partial charge in [0.15, 0.2) is 0 Å². The molecule has 0 atom stereocenters. The number of anilines is 2. The summed E-state index contributed by atoms with van der Waals surface area (Å²) >= 11 is 2.16. The molecule has 0 unspecified atom stereocenters. The van der Waals surface area contributed by atoms with E-state index in [1.54, 1.807) is 6.07 Å². The van der Waals surface area contributed by atoms with Gasteiger partial charge in [0.05, 0.1) is 17.7 Å². The van der Waals surface area contributed by atoms with Crippen LogP contribution in [0.3, 0.4) is 0 Å². The zero-order valence-electron chi connectivity index (χ0n) is 16.8. The van der Waals surface area contributed by atoms with Crippen LogP contribution in [0.2, 0.25) is 0 Å². The molecule has 3 aromatic carbocycles. The van der Waals surface area contributed by atoms with Crippen molar-refractivity contribution in [2.75, 3.05) is 23.3 Å². The van der Waals surface area contributed by atoms with Gasteiger partial charge < -0.3 is 10.1 Å². The Bertz CT molecular complexity index is 1200. The van der Waals surface area contributed by atoms with Crippen LogP contribution >= 0.6 is 22.6 Å². The first kappa shape index (κ1) is 23.0. The number of para-hydroxylation sites is 1. The monoisotopic (exact) mass is 554 g/mol. The highest BCUT2D eigenvalue weighted by molar-refractivity contribution is 14.1. The van der Waals surface area contributed by atoms with Gasteiger partial charge in [0.1, 0.15) is 18.1 Å². The van der Waals surface area contributed by atoms with Gasteiger partial charge in [-0.3, -0.25) is 9.10 Å². The molecule has 0 aliphatic carbocycles. The first-order valence-electron chi connectivity index (χ1n) is 9.19. The number of amides is 1. The van der Waals surface area contributed by atoms with E-state index in [4.69, 9.17) is 4.74 Å². The predicted molar refractivity (Wildman–Crippen MR) is 126 cm³/mol. The van der Waals surface area contributed by atoms with Crippen LogP contribution in [-0.2, 0) is 14.8 Å². The molecule has 0 aliphatic rings. The average Bonchev–Trinajstić information content (AvgIpc) is 2.74. The lowest BCUT2D eigenvalue weighted by Gasteiger charge is -2.24. The molecule has 0 heterocycles. The van der Waals surface area contributed by atoms with Crippen LogP contribution in [0.1, 0.15) is 5.56 Å². The van der Waals surface area contributed by atoms with Crippen LogP contribution in [0.15, 0.2) is 71.6 Å². The number of aryl methyl sites for hydroxylation is 1. The summed E-state index contributed by atoms with van der Waals surface area (Å²) in [6.45, 7) is 1.24. The average molecular weight is 554 g/mol. The van der Waals surface area contributed by atoms with Crippen molar-refractivity contribution in [2.24, 2.45) is 0 Å². The summed E-state index contributed by atoms with van der Waals surface area (Å²) in [6, 6.07) is 16.6. The molecule has 0 bridgehead atoms. The molecule has 6 nitrogen and oxygen atoms in total. The van der Waals surface area contributed by atoms with Crippen molar-refractivity contribution in [3.8, 4) is 5.75 Å². The number of halogens is 2. The number of nitrogens with one attached hydrogen (secondary N) is 1. The smallest absolute Gasteiger partial charge is 0.264 e. The van der Waals surface area contributed by atoms with E-state index in [9.17, 15) is 17.6 Å². The molecule has 0 radical (unpaired) electrons. The summed E-state index contributed by atoms with van der Waals surface area (Å²) in [5.41, 5.74) is 1.17. The molecule has 0 spiro atoms. The van der Waals surface area contributed by atoms with Crippen molar-refractivity contribution >= 4 is 49.9 Å². The number of carbonyl (C=O) groups is 1. The predicted octanol–water partition coefficient (Wildman–Crippen LogP) is 4.58. The third-order valence-corrected chi connectivity index (χ3v) is 6.96. The fraction of sp³-hybridized carbons (Fsp3) is 0.136. The van der Waals surface area contributed by atoms with Crippen LogP contribution in [-0.4, -0.2) is 28.0 Å². The van der Waals surface area contributed by atoms with Gasteiger partial charge in [-0.05, 0) is 89.7 Å². The quantitative estimate of drug-likeness (QED) is 0.434. The number of methoxy groups -OCH3 is 1. The van der Waals surface area contributed by atoms with Crippen molar-refractivity contribution in [3.63, 3.8) is 0 Å². The summed E-state index contributed by atoms with van der Waals surface area (Å²) in [4.78, 5) is 12.7. The Morgan fingerprint density at radius 3 is 2.39 bits per heavy atom. The maximum absolute atomic E-state index is 14.5. The van der Waals surface area contributed by atoms with E-state index < -0.39 is 28.3 Å². The molecule has 31 heavy (non-hydrogen) atoms. The lowest BCUT2D eigenvalue weighted by Crippen LogP contribution is -2.38. The summed E-state index contributed by atoms with van der Waals surface area (Å²) in [6.07, 6.45) is 0. The van der Waals surface area contributed by atoms with Crippen molar-refractivity contribution in [1.29, 1.82) is 0 Å². The van der Waals surface area contributed by atoms with E-state index in [2.05, 4.69) is 27.9 Å². The van der Waals surface area contributed by atoms with E-state index >= 15 is 0 Å². The van der Waals surface area contributed by atoms with Gasteiger partial charge in [0.2, 0.25) is 5.91 Å². The van der Waals surface area contributed by atoms with E-state index in [0.717, 1.165) is 19.5 Å². The number of hydrogen-bond donors (Lipinski definition) is 1. The molecule has 0 saturated heterocycles. The second-order valence-electron chi connectivity index (χ2n) is 6.65. The third-order valence-electron chi connectivity index (χ3n) is 4.52. The molecule has 1 N–H and O–H groups in total. The normalized spacial score (nSPS) is 11.1. The van der Waals surface area contributed by atoms with E-state index in [1.807, 2.05) is 19.1 Å². The summed E-state index contributed by atoms with van der Waals surface area (Å²) in [7, 11) is -2.77. The lowest BCUT2D eigenvalue weighted by molar-refractivity contribution is -0.114. The SMILES string of the molecule is COc1ccc(S(=O)(=O)N(CC(=O)Nc2ccc(I)cc2C)c2ccccc2F)cc1. The van der Waals surface area contributed by atoms with Crippen LogP contribution < -0.4 is 14.4 Å². The molecule has 162 valence electrons. The molecule has 9 heteroatoms. The van der Waals surface area contributed by atoms with Crippen LogP contribution in [0.4, 0.5) is 15.8 Å². The first-order chi connectivity index (χ1) is 14.7. The molecule has 1 amide bonds. The minimum Gasteiger partial charge on any atom is -0.497 e. The Labute approximate surface area is 194 Å². The molecule has 0 fully saturated rings. The number of sulfonamides is 1. The third kappa shape index (κ3) is 5.34. The molecule has 0 aromatic heterocycles. The fourth-order valence-corrected chi connectivity index (χ4v) is 4.99. The highest BCUT2D eigenvalue weighted by Crippen LogP contribution is 2.27. The number of benzene rings is 3. The molecule has 0 saturated carbocycles. The van der Waals surface area contributed by atoms with Crippen LogP contribution in [0, 0.1) is 16.3 Å². The van der Waals surface area contributed by atoms with Crippen molar-refractivity contribution in [1.82, 2.24) is 0 Å². The molecule has 0 aliphatic heterocycles. The second-order valence-corrected chi connectivity index (χ2v) is 9.75. The second kappa shape index (κ2) is 9.65. The highest BCUT2D eigenvalue weighted by Gasteiger charge is 2.29. The Hall–Kier alpha value is -2.66. The van der Waals surface area contributed by atoms with Gasteiger partial charge in [0.25, 0.3) is 10.0 Å². The van der Waals surface area contributed by atoms with Gasteiger partial charge in [-0.15, -0.1) is 0 Å². The highest BCUT2D eigenvalue weighted by atomic mass is 127. The Balaban J connectivity index is 1.96. The van der Waals surface area contributed by atoms with Crippen molar-refractivity contribution < 1.29 is 22.3 Å². The van der Waals surface area contributed by atoms with Crippen molar-refractivity contribution in [2.45, 2.75) is 11.8 Å². The Kier molecular flexibility index (Phi) is 7.16. The molecule has 3 aromatic rings. The zero-order valence-corrected chi connectivity index (χ0v) is 19.8. The number of rotatable bonds is 7. The lowest BCUT2D eigenvalue weighted by atomic mass is 10.2. The van der Waals surface area contributed by atoms with Crippen molar-refractivity contribution in [3.05, 3.63) is 81.7 Å². The minimum atomic E-state index is -4.23. The number of nitrogens with zero attached hydrogens (tertiary/aromatic N) is 1. The summed E-state index contributed by atoms with van der Waals surface area (Å²) < 4.78 is 48.0. The molecule has 3 rings (SSSR count). The van der Waals surface area contributed by atoms with E-state index in [-0.39, 0.29) is 10.6 Å². The maximum Gasteiger partial charge on any atom is 0.264 e. The van der Waals surface area contributed by atoms with Gasteiger partial charge in [-0.2, -0.15) is 0 Å².